The zero-order valence-corrected chi connectivity index (χ0v) is 21.7. The zero-order chi connectivity index (χ0) is 27.2. The normalized spacial score (nSPS) is 11.4. The molecule has 1 atom stereocenters. The molecule has 0 saturated heterocycles. The highest BCUT2D eigenvalue weighted by Gasteiger charge is 2.36. The van der Waals surface area contributed by atoms with Gasteiger partial charge >= 0.3 is 0 Å². The fraction of sp³-hybridized carbons (Fsp3) is 0.143. The molecular formula is C28H27N5O4S. The van der Waals surface area contributed by atoms with Crippen molar-refractivity contribution in [1.29, 1.82) is 0 Å². The van der Waals surface area contributed by atoms with Gasteiger partial charge in [-0.3, -0.25) is 19.3 Å². The number of rotatable bonds is 9. The van der Waals surface area contributed by atoms with Gasteiger partial charge in [-0.2, -0.15) is 4.37 Å². The number of methoxy groups -OCH3 is 1. The molecule has 1 heterocycles. The molecule has 0 aliphatic rings. The van der Waals surface area contributed by atoms with Gasteiger partial charge in [0, 0.05) is 12.2 Å². The third-order valence-electron chi connectivity index (χ3n) is 6.00. The first-order chi connectivity index (χ1) is 18.3. The average Bonchev–Trinajstić information content (AvgIpc) is 3.33. The van der Waals surface area contributed by atoms with Crippen molar-refractivity contribution in [1.82, 2.24) is 9.69 Å². The minimum absolute atomic E-state index is 0.0106. The number of anilines is 2. The van der Waals surface area contributed by atoms with Crippen LogP contribution in [0.3, 0.4) is 0 Å². The Labute approximate surface area is 224 Å². The van der Waals surface area contributed by atoms with Crippen molar-refractivity contribution >= 4 is 40.6 Å². The number of aryl methyl sites for hydroxylation is 1. The van der Waals surface area contributed by atoms with Gasteiger partial charge in [0.15, 0.2) is 5.69 Å². The van der Waals surface area contributed by atoms with Gasteiger partial charge in [0.05, 0.1) is 12.8 Å². The molecule has 0 unspecified atom stereocenters. The molecule has 194 valence electrons. The lowest BCUT2D eigenvalue weighted by Crippen LogP contribution is -2.44. The second-order valence-electron chi connectivity index (χ2n) is 8.48. The number of para-hydroxylation sites is 1. The number of nitrogens with one attached hydrogen (secondary N) is 1. The number of hydrogen-bond acceptors (Lipinski definition) is 7. The second kappa shape index (κ2) is 11.6. The lowest BCUT2D eigenvalue weighted by atomic mass is 10.0. The minimum atomic E-state index is -1.09. The summed E-state index contributed by atoms with van der Waals surface area (Å²) in [7, 11) is 1.55. The van der Waals surface area contributed by atoms with E-state index in [4.69, 9.17) is 16.2 Å². The molecule has 0 bridgehead atoms. The van der Waals surface area contributed by atoms with E-state index in [0.717, 1.165) is 22.7 Å². The number of ether oxygens (including phenoxy) is 1. The lowest BCUT2D eigenvalue weighted by molar-refractivity contribution is -0.122. The van der Waals surface area contributed by atoms with Gasteiger partial charge in [-0.25, -0.2) is 0 Å². The quantitative estimate of drug-likeness (QED) is 0.301. The van der Waals surface area contributed by atoms with Crippen molar-refractivity contribution in [3.8, 4) is 5.75 Å². The van der Waals surface area contributed by atoms with Crippen LogP contribution >= 0.6 is 11.5 Å². The van der Waals surface area contributed by atoms with Crippen LogP contribution < -0.4 is 26.4 Å². The Morgan fingerprint density at radius 1 is 1.00 bits per heavy atom. The molecule has 3 aromatic carbocycles. The van der Waals surface area contributed by atoms with E-state index in [9.17, 15) is 14.4 Å². The summed E-state index contributed by atoms with van der Waals surface area (Å²) in [5.41, 5.74) is 13.9. The highest BCUT2D eigenvalue weighted by molar-refractivity contribution is 7.09. The van der Waals surface area contributed by atoms with E-state index in [1.54, 1.807) is 43.5 Å². The van der Waals surface area contributed by atoms with E-state index in [0.29, 0.717) is 17.0 Å². The third kappa shape index (κ3) is 5.50. The summed E-state index contributed by atoms with van der Waals surface area (Å²) in [4.78, 5) is 41.2. The monoisotopic (exact) mass is 529 g/mol. The van der Waals surface area contributed by atoms with Crippen molar-refractivity contribution < 1.29 is 19.1 Å². The van der Waals surface area contributed by atoms with Crippen LogP contribution in [-0.2, 0) is 11.3 Å². The number of aromatic nitrogens is 1. The van der Waals surface area contributed by atoms with Gasteiger partial charge in [0.2, 0.25) is 5.91 Å². The molecule has 4 rings (SSSR count). The van der Waals surface area contributed by atoms with Crippen LogP contribution in [0.4, 0.5) is 11.4 Å². The molecule has 0 saturated carbocycles. The van der Waals surface area contributed by atoms with E-state index >= 15 is 0 Å². The molecule has 38 heavy (non-hydrogen) atoms. The highest BCUT2D eigenvalue weighted by Crippen LogP contribution is 2.35. The fourth-order valence-corrected chi connectivity index (χ4v) is 4.77. The Balaban J connectivity index is 1.84. The maximum Gasteiger partial charge on any atom is 0.273 e. The van der Waals surface area contributed by atoms with Crippen molar-refractivity contribution in [2.24, 2.45) is 5.73 Å². The third-order valence-corrected chi connectivity index (χ3v) is 6.85. The van der Waals surface area contributed by atoms with Crippen molar-refractivity contribution in [2.75, 3.05) is 17.7 Å². The van der Waals surface area contributed by atoms with E-state index < -0.39 is 23.8 Å². The summed E-state index contributed by atoms with van der Waals surface area (Å²) in [6.45, 7) is 2.10. The molecule has 0 spiro atoms. The molecule has 4 aromatic rings. The highest BCUT2D eigenvalue weighted by atomic mass is 32.1. The van der Waals surface area contributed by atoms with Crippen molar-refractivity contribution in [3.63, 3.8) is 0 Å². The molecule has 9 nitrogen and oxygen atoms in total. The number of benzene rings is 3. The predicted octanol–water partition coefficient (Wildman–Crippen LogP) is 3.85. The van der Waals surface area contributed by atoms with E-state index in [2.05, 4.69) is 9.69 Å². The standard InChI is InChI=1S/C28H27N5O4S/c1-17-8-6-7-11-21(17)33(28(36)25-22(29)23(26(30)34)32-38-25)24(19-12-14-20(37-2)15-13-19)27(35)31-16-18-9-4-3-5-10-18/h3-15,24H,16,29H2,1-2H3,(H2,30,34)(H,31,35)/t24-/m1/s1. The van der Waals surface area contributed by atoms with Crippen LogP contribution in [0.2, 0.25) is 0 Å². The van der Waals surface area contributed by atoms with Crippen LogP contribution in [0, 0.1) is 6.92 Å². The summed E-state index contributed by atoms with van der Waals surface area (Å²) >= 11 is 0.763. The fourth-order valence-electron chi connectivity index (χ4n) is 4.02. The predicted molar refractivity (Wildman–Crippen MR) is 147 cm³/mol. The number of nitrogens with two attached hydrogens (primary N) is 2. The van der Waals surface area contributed by atoms with Crippen molar-refractivity contribution in [2.45, 2.75) is 19.5 Å². The largest absolute Gasteiger partial charge is 0.497 e. The summed E-state index contributed by atoms with van der Waals surface area (Å²) in [5, 5.41) is 2.96. The molecule has 5 N–H and O–H groups in total. The first kappa shape index (κ1) is 26.4. The van der Waals surface area contributed by atoms with Gasteiger partial charge in [-0.15, -0.1) is 0 Å². The van der Waals surface area contributed by atoms with Crippen LogP contribution in [0.25, 0.3) is 0 Å². The number of carbonyl (C=O) groups is 3. The van der Waals surface area contributed by atoms with Gasteiger partial charge in [0.1, 0.15) is 16.7 Å². The smallest absolute Gasteiger partial charge is 0.273 e. The zero-order valence-electron chi connectivity index (χ0n) is 20.9. The maximum absolute atomic E-state index is 14.1. The molecule has 0 aliphatic heterocycles. The number of amides is 3. The Bertz CT molecular complexity index is 1450. The second-order valence-corrected chi connectivity index (χ2v) is 9.25. The Kier molecular flexibility index (Phi) is 8.03. The molecule has 0 fully saturated rings. The molecule has 10 heteroatoms. The molecular weight excluding hydrogens is 502 g/mol. The van der Waals surface area contributed by atoms with Crippen molar-refractivity contribution in [3.05, 3.63) is 106 Å². The van der Waals surface area contributed by atoms with Gasteiger partial charge in [0.25, 0.3) is 11.8 Å². The Morgan fingerprint density at radius 2 is 1.66 bits per heavy atom. The summed E-state index contributed by atoms with van der Waals surface area (Å²) in [6.07, 6.45) is 0. The molecule has 0 radical (unpaired) electrons. The molecule has 0 aliphatic carbocycles. The first-order valence-electron chi connectivity index (χ1n) is 11.7. The van der Waals surface area contributed by atoms with E-state index in [1.165, 1.54) is 4.90 Å². The number of hydrogen-bond donors (Lipinski definition) is 3. The first-order valence-corrected chi connectivity index (χ1v) is 12.5. The van der Waals surface area contributed by atoms with Gasteiger partial charge in [-0.05, 0) is 53.3 Å². The minimum Gasteiger partial charge on any atom is -0.497 e. The topological polar surface area (TPSA) is 141 Å². The summed E-state index contributed by atoms with van der Waals surface area (Å²) in [5.74, 6) is -1.23. The number of carbonyl (C=O) groups excluding carboxylic acids is 3. The Morgan fingerprint density at radius 3 is 2.26 bits per heavy atom. The molecule has 3 amide bonds. The molecule has 1 aromatic heterocycles. The number of nitrogens with zero attached hydrogens (tertiary/aromatic N) is 2. The van der Waals surface area contributed by atoms with Crippen LogP contribution in [0.15, 0.2) is 78.9 Å². The van der Waals surface area contributed by atoms with Gasteiger partial charge < -0.3 is 21.5 Å². The number of nitrogen functional groups attached to an aromatic ring is 1. The van der Waals surface area contributed by atoms with E-state index in [1.807, 2.05) is 49.4 Å². The number of primary amides is 1. The van der Waals surface area contributed by atoms with Crippen LogP contribution in [0.1, 0.15) is 42.9 Å². The lowest BCUT2D eigenvalue weighted by Gasteiger charge is -2.32. The van der Waals surface area contributed by atoms with Crippen LogP contribution in [0.5, 0.6) is 5.75 Å². The van der Waals surface area contributed by atoms with Gasteiger partial charge in [-0.1, -0.05) is 60.7 Å². The van der Waals surface area contributed by atoms with Crippen LogP contribution in [-0.4, -0.2) is 29.2 Å². The van der Waals surface area contributed by atoms with E-state index in [-0.39, 0.29) is 22.8 Å². The summed E-state index contributed by atoms with van der Waals surface area (Å²) < 4.78 is 9.28. The SMILES string of the molecule is COc1ccc([C@H](C(=O)NCc2ccccc2)N(C(=O)c2snc(C(N)=O)c2N)c2ccccc2C)cc1. The Hall–Kier alpha value is -4.70. The summed E-state index contributed by atoms with van der Waals surface area (Å²) in [6, 6.07) is 22.5. The average molecular weight is 530 g/mol. The maximum atomic E-state index is 14.1.